The Balaban J connectivity index is 2.19. The third kappa shape index (κ3) is 2.00. The van der Waals surface area contributed by atoms with Gasteiger partial charge >= 0.3 is 0 Å². The van der Waals surface area contributed by atoms with Gasteiger partial charge in [-0.15, -0.1) is 7.53 Å². The van der Waals surface area contributed by atoms with E-state index < -0.39 is 0 Å². The lowest BCUT2D eigenvalue weighted by molar-refractivity contribution is 1.65. The molecule has 3 rings (SSSR count). The predicted molar refractivity (Wildman–Crippen MR) is 81.0 cm³/mol. The zero-order valence-corrected chi connectivity index (χ0v) is 11.3. The molecule has 18 heavy (non-hydrogen) atoms. The Hall–Kier alpha value is -1.78. The molecule has 1 atom stereocenters. The number of rotatable bonds is 2. The zero-order chi connectivity index (χ0) is 12.4. The molecule has 0 saturated heterocycles. The van der Waals surface area contributed by atoms with Gasteiger partial charge in [0.15, 0.2) is 0 Å². The molecule has 3 aromatic rings. The fourth-order valence-corrected chi connectivity index (χ4v) is 4.00. The summed E-state index contributed by atoms with van der Waals surface area (Å²) in [7, 11) is -0.169. The SMILES string of the molecule is Cp1ccc(-c2ccccc2)c1-c1ccccc1. The summed E-state index contributed by atoms with van der Waals surface area (Å²) in [6, 6.07) is 23.7. The largest absolute Gasteiger partial charge is 0.119 e. The van der Waals surface area contributed by atoms with Crippen LogP contribution in [0.2, 0.25) is 0 Å². The number of aryl methyl sites for hydroxylation is 1. The van der Waals surface area contributed by atoms with Gasteiger partial charge in [0.1, 0.15) is 0 Å². The fraction of sp³-hybridized carbons (Fsp3) is 0.0588. The van der Waals surface area contributed by atoms with Gasteiger partial charge in [0.25, 0.3) is 0 Å². The van der Waals surface area contributed by atoms with E-state index in [-0.39, 0.29) is 7.53 Å². The summed E-state index contributed by atoms with van der Waals surface area (Å²) in [5.74, 6) is 2.35. The number of benzene rings is 2. The molecule has 0 N–H and O–H groups in total. The van der Waals surface area contributed by atoms with Crippen LogP contribution in [0.15, 0.2) is 72.5 Å². The first-order valence-electron chi connectivity index (χ1n) is 6.12. The quantitative estimate of drug-likeness (QED) is 0.559. The van der Waals surface area contributed by atoms with E-state index in [1.54, 1.807) is 0 Å². The normalized spacial score (nSPS) is 11.5. The Kier molecular flexibility index (Phi) is 3.04. The molecule has 1 unspecified atom stereocenters. The first-order valence-corrected chi connectivity index (χ1v) is 7.98. The molecule has 88 valence electrons. The van der Waals surface area contributed by atoms with E-state index in [9.17, 15) is 0 Å². The lowest BCUT2D eigenvalue weighted by Crippen LogP contribution is -1.78. The molecule has 0 aliphatic heterocycles. The van der Waals surface area contributed by atoms with Crippen LogP contribution in [0.5, 0.6) is 0 Å². The summed E-state index contributed by atoms with van der Waals surface area (Å²) in [6.45, 7) is 2.32. The summed E-state index contributed by atoms with van der Waals surface area (Å²) >= 11 is 0. The molecule has 0 nitrogen and oxygen atoms in total. The third-order valence-electron chi connectivity index (χ3n) is 3.20. The molecule has 1 aromatic heterocycles. The summed E-state index contributed by atoms with van der Waals surface area (Å²) in [4.78, 5) is 0. The highest BCUT2D eigenvalue weighted by molar-refractivity contribution is 7.51. The summed E-state index contributed by atoms with van der Waals surface area (Å²) in [6.07, 6.45) is 0. The van der Waals surface area contributed by atoms with Crippen LogP contribution in [0.25, 0.3) is 22.0 Å². The Labute approximate surface area is 109 Å². The van der Waals surface area contributed by atoms with Crippen molar-refractivity contribution in [2.45, 2.75) is 0 Å². The molecule has 0 fully saturated rings. The van der Waals surface area contributed by atoms with Crippen LogP contribution in [0.3, 0.4) is 0 Å². The van der Waals surface area contributed by atoms with Crippen molar-refractivity contribution >= 4 is 7.53 Å². The van der Waals surface area contributed by atoms with Gasteiger partial charge in [-0.05, 0) is 35.2 Å². The van der Waals surface area contributed by atoms with Crippen molar-refractivity contribution in [3.05, 3.63) is 72.5 Å². The maximum absolute atomic E-state index is 2.35. The highest BCUT2D eigenvalue weighted by Crippen LogP contribution is 2.46. The number of hydrogen-bond donors (Lipinski definition) is 0. The molecule has 0 aliphatic rings. The van der Waals surface area contributed by atoms with Gasteiger partial charge in [-0.25, -0.2) is 0 Å². The Bertz CT molecular complexity index is 636. The first-order chi connectivity index (χ1) is 8.86. The maximum atomic E-state index is 2.35. The number of hydrogen-bond acceptors (Lipinski definition) is 0. The minimum atomic E-state index is -0.169. The minimum absolute atomic E-state index is 0.169. The van der Waals surface area contributed by atoms with E-state index in [1.165, 1.54) is 22.0 Å². The van der Waals surface area contributed by atoms with Crippen molar-refractivity contribution in [1.82, 2.24) is 0 Å². The van der Waals surface area contributed by atoms with Gasteiger partial charge < -0.3 is 0 Å². The molecule has 1 heteroatoms. The van der Waals surface area contributed by atoms with Crippen molar-refractivity contribution in [2.75, 3.05) is 0 Å². The standard InChI is InChI=1S/C17H15P/c1-18-13-12-16(14-8-4-2-5-9-14)17(18)15-10-6-3-7-11-15/h2-13H,1H3. The van der Waals surface area contributed by atoms with Crippen LogP contribution in [0, 0.1) is 0 Å². The molecular formula is C17H15P. The molecule has 0 spiro atoms. The van der Waals surface area contributed by atoms with Gasteiger partial charge in [-0.1, -0.05) is 60.7 Å². The Morgan fingerprint density at radius 2 is 1.22 bits per heavy atom. The van der Waals surface area contributed by atoms with Gasteiger partial charge in [0, 0.05) is 5.30 Å². The average Bonchev–Trinajstić information content (AvgIpc) is 2.83. The smallest absolute Gasteiger partial charge is 0.00872 e. The van der Waals surface area contributed by atoms with E-state index in [4.69, 9.17) is 0 Å². The van der Waals surface area contributed by atoms with E-state index in [0.717, 1.165) is 0 Å². The summed E-state index contributed by atoms with van der Waals surface area (Å²) in [5, 5.41) is 1.50. The molecule has 0 saturated carbocycles. The Morgan fingerprint density at radius 3 is 1.83 bits per heavy atom. The lowest BCUT2D eigenvalue weighted by Gasteiger charge is -2.07. The van der Waals surface area contributed by atoms with Crippen LogP contribution in [-0.2, 0) is 6.66 Å². The van der Waals surface area contributed by atoms with Gasteiger partial charge in [0.2, 0.25) is 0 Å². The van der Waals surface area contributed by atoms with Gasteiger partial charge in [-0.2, -0.15) is 0 Å². The highest BCUT2D eigenvalue weighted by Gasteiger charge is 2.10. The zero-order valence-electron chi connectivity index (χ0n) is 10.4. The molecule has 0 aliphatic carbocycles. The monoisotopic (exact) mass is 250 g/mol. The highest BCUT2D eigenvalue weighted by atomic mass is 31.1. The van der Waals surface area contributed by atoms with Crippen LogP contribution >= 0.6 is 7.53 Å². The van der Waals surface area contributed by atoms with E-state index in [1.807, 2.05) is 0 Å². The molecule has 0 bridgehead atoms. The Morgan fingerprint density at radius 1 is 0.667 bits per heavy atom. The van der Waals surface area contributed by atoms with Crippen LogP contribution in [-0.4, -0.2) is 0 Å². The lowest BCUT2D eigenvalue weighted by atomic mass is 10.0. The topological polar surface area (TPSA) is 0 Å². The first kappa shape index (κ1) is 11.3. The fourth-order valence-electron chi connectivity index (χ4n) is 2.34. The molecule has 0 amide bonds. The molecular weight excluding hydrogens is 235 g/mol. The van der Waals surface area contributed by atoms with E-state index >= 15 is 0 Å². The van der Waals surface area contributed by atoms with E-state index in [0.29, 0.717) is 0 Å². The predicted octanol–water partition coefficient (Wildman–Crippen LogP) is 5.54. The molecule has 2 aromatic carbocycles. The van der Waals surface area contributed by atoms with Gasteiger partial charge in [-0.3, -0.25) is 0 Å². The van der Waals surface area contributed by atoms with E-state index in [2.05, 4.69) is 79.2 Å². The summed E-state index contributed by atoms with van der Waals surface area (Å²) in [5.41, 5.74) is 4.06. The average molecular weight is 250 g/mol. The van der Waals surface area contributed by atoms with Gasteiger partial charge in [0.05, 0.1) is 0 Å². The van der Waals surface area contributed by atoms with Crippen molar-refractivity contribution in [1.29, 1.82) is 0 Å². The van der Waals surface area contributed by atoms with Crippen LogP contribution < -0.4 is 0 Å². The molecule has 1 heterocycles. The van der Waals surface area contributed by atoms with Crippen LogP contribution in [0.1, 0.15) is 0 Å². The van der Waals surface area contributed by atoms with Crippen molar-refractivity contribution in [3.63, 3.8) is 0 Å². The van der Waals surface area contributed by atoms with Crippen molar-refractivity contribution in [2.24, 2.45) is 6.66 Å². The minimum Gasteiger partial charge on any atom is -0.119 e. The maximum Gasteiger partial charge on any atom is 0.00872 e. The van der Waals surface area contributed by atoms with Crippen LogP contribution in [0.4, 0.5) is 0 Å². The third-order valence-corrected chi connectivity index (χ3v) is 5.01. The second kappa shape index (κ2) is 4.84. The second-order valence-corrected chi connectivity index (χ2v) is 6.39. The van der Waals surface area contributed by atoms with Crippen molar-refractivity contribution < 1.29 is 0 Å². The summed E-state index contributed by atoms with van der Waals surface area (Å²) < 4.78 is 0. The second-order valence-electron chi connectivity index (χ2n) is 4.42. The molecule has 0 radical (unpaired) electrons. The van der Waals surface area contributed by atoms with Crippen molar-refractivity contribution in [3.8, 4) is 22.0 Å².